The van der Waals surface area contributed by atoms with Crippen LogP contribution in [0, 0.1) is 11.2 Å². The van der Waals surface area contributed by atoms with Crippen molar-refractivity contribution in [3.05, 3.63) is 52.9 Å². The van der Waals surface area contributed by atoms with Crippen molar-refractivity contribution in [1.29, 1.82) is 5.41 Å². The molecule has 1 aliphatic heterocycles. The summed E-state index contributed by atoms with van der Waals surface area (Å²) < 4.78 is 18.7. The molecule has 1 fully saturated rings. The van der Waals surface area contributed by atoms with Gasteiger partial charge in [0, 0.05) is 11.6 Å². The Morgan fingerprint density at radius 3 is 2.85 bits per heavy atom. The van der Waals surface area contributed by atoms with Crippen LogP contribution in [0.5, 0.6) is 0 Å². The Morgan fingerprint density at radius 2 is 2.15 bits per heavy atom. The van der Waals surface area contributed by atoms with Crippen molar-refractivity contribution in [1.82, 2.24) is 5.32 Å². The largest absolute Gasteiger partial charge is 0.457 e. The first-order valence-electron chi connectivity index (χ1n) is 5.77. The van der Waals surface area contributed by atoms with E-state index < -0.39 is 0 Å². The lowest BCUT2D eigenvalue weighted by Crippen LogP contribution is -2.18. The Balaban J connectivity index is 1.89. The van der Waals surface area contributed by atoms with Crippen molar-refractivity contribution in [3.8, 4) is 11.3 Å². The molecule has 0 bridgehead atoms. The lowest BCUT2D eigenvalue weighted by atomic mass is 10.2. The average molecular weight is 288 g/mol. The van der Waals surface area contributed by atoms with Crippen LogP contribution in [-0.4, -0.2) is 11.1 Å². The molecule has 2 heterocycles. The average Bonchev–Trinajstić information content (AvgIpc) is 2.97. The van der Waals surface area contributed by atoms with Gasteiger partial charge in [0.25, 0.3) is 5.91 Å². The van der Waals surface area contributed by atoms with Crippen molar-refractivity contribution in [2.45, 2.75) is 0 Å². The Hall–Kier alpha value is -2.34. The quantitative estimate of drug-likeness (QED) is 0.834. The van der Waals surface area contributed by atoms with Gasteiger partial charge in [0.05, 0.1) is 4.91 Å². The molecule has 20 heavy (non-hydrogen) atoms. The molecule has 100 valence electrons. The molecule has 2 aromatic rings. The molecule has 0 aliphatic carbocycles. The highest BCUT2D eigenvalue weighted by molar-refractivity contribution is 8.18. The molecule has 0 unspecified atom stereocenters. The summed E-state index contributed by atoms with van der Waals surface area (Å²) in [6.07, 6.45) is 1.56. The third kappa shape index (κ3) is 2.50. The zero-order valence-corrected chi connectivity index (χ0v) is 11.0. The Morgan fingerprint density at radius 1 is 1.30 bits per heavy atom. The van der Waals surface area contributed by atoms with Crippen LogP contribution in [0.2, 0.25) is 0 Å². The summed E-state index contributed by atoms with van der Waals surface area (Å²) in [5.41, 5.74) is 0.630. The van der Waals surface area contributed by atoms with Gasteiger partial charge in [-0.05, 0) is 36.0 Å². The summed E-state index contributed by atoms with van der Waals surface area (Å²) in [6, 6.07) is 9.49. The number of hydrogen-bond acceptors (Lipinski definition) is 4. The van der Waals surface area contributed by atoms with Crippen LogP contribution >= 0.6 is 11.8 Å². The van der Waals surface area contributed by atoms with Gasteiger partial charge in [-0.15, -0.1) is 0 Å². The molecular weight excluding hydrogens is 279 g/mol. The number of furan rings is 1. The Labute approximate surface area is 118 Å². The number of amides is 1. The highest BCUT2D eigenvalue weighted by Gasteiger charge is 2.22. The van der Waals surface area contributed by atoms with E-state index in [0.29, 0.717) is 22.0 Å². The molecule has 6 heteroatoms. The lowest BCUT2D eigenvalue weighted by Gasteiger charge is -1.96. The molecule has 1 amide bonds. The van der Waals surface area contributed by atoms with Crippen molar-refractivity contribution >= 4 is 28.9 Å². The van der Waals surface area contributed by atoms with E-state index in [1.54, 1.807) is 30.3 Å². The molecule has 0 spiro atoms. The number of benzene rings is 1. The standard InChI is InChI=1S/C14H9FN2O2S/c15-9-3-1-2-8(6-9)11-5-4-10(19-11)7-12-13(18)17-14(16)20-12/h1-7H,(H2,16,17,18)/b12-7+. The first-order chi connectivity index (χ1) is 9.61. The minimum absolute atomic E-state index is 0.0955. The number of thioether (sulfide) groups is 1. The monoisotopic (exact) mass is 288 g/mol. The zero-order chi connectivity index (χ0) is 14.1. The van der Waals surface area contributed by atoms with Gasteiger partial charge in [-0.2, -0.15) is 0 Å². The van der Waals surface area contributed by atoms with Crippen molar-refractivity contribution in [2.24, 2.45) is 0 Å². The summed E-state index contributed by atoms with van der Waals surface area (Å²) in [4.78, 5) is 11.9. The number of carbonyl (C=O) groups excluding carboxylic acids is 1. The summed E-state index contributed by atoms with van der Waals surface area (Å²) in [5, 5.41) is 9.83. The van der Waals surface area contributed by atoms with Crippen LogP contribution in [0.15, 0.2) is 45.7 Å². The molecule has 4 nitrogen and oxygen atoms in total. The molecule has 2 N–H and O–H groups in total. The van der Waals surface area contributed by atoms with Gasteiger partial charge in [0.2, 0.25) is 0 Å². The minimum Gasteiger partial charge on any atom is -0.457 e. The van der Waals surface area contributed by atoms with Gasteiger partial charge in [-0.3, -0.25) is 10.2 Å². The maximum atomic E-state index is 13.1. The molecule has 1 saturated heterocycles. The number of rotatable bonds is 2. The van der Waals surface area contributed by atoms with Gasteiger partial charge in [-0.1, -0.05) is 12.1 Å². The normalized spacial score (nSPS) is 16.8. The summed E-state index contributed by atoms with van der Waals surface area (Å²) in [5.74, 6) is 0.355. The summed E-state index contributed by atoms with van der Waals surface area (Å²) in [7, 11) is 0. The van der Waals surface area contributed by atoms with Crippen LogP contribution in [0.1, 0.15) is 5.76 Å². The van der Waals surface area contributed by atoms with E-state index in [1.165, 1.54) is 12.1 Å². The van der Waals surface area contributed by atoms with Crippen LogP contribution in [0.25, 0.3) is 17.4 Å². The Bertz CT molecular complexity index is 736. The fourth-order valence-electron chi connectivity index (χ4n) is 1.80. The van der Waals surface area contributed by atoms with Gasteiger partial charge < -0.3 is 9.73 Å². The van der Waals surface area contributed by atoms with E-state index in [4.69, 9.17) is 9.83 Å². The molecule has 0 saturated carbocycles. The van der Waals surface area contributed by atoms with E-state index in [-0.39, 0.29) is 16.9 Å². The van der Waals surface area contributed by atoms with E-state index in [1.807, 2.05) is 0 Å². The SMILES string of the molecule is N=C1NC(=O)/C(=C\c2ccc(-c3cccc(F)c3)o2)S1. The fourth-order valence-corrected chi connectivity index (χ4v) is 2.48. The number of carbonyl (C=O) groups is 1. The van der Waals surface area contributed by atoms with Gasteiger partial charge in [-0.25, -0.2) is 4.39 Å². The van der Waals surface area contributed by atoms with Crippen molar-refractivity contribution < 1.29 is 13.6 Å². The van der Waals surface area contributed by atoms with E-state index >= 15 is 0 Å². The van der Waals surface area contributed by atoms with Crippen molar-refractivity contribution in [2.75, 3.05) is 0 Å². The molecule has 0 atom stereocenters. The van der Waals surface area contributed by atoms with E-state index in [0.717, 1.165) is 11.8 Å². The number of amidine groups is 1. The first-order valence-corrected chi connectivity index (χ1v) is 6.59. The van der Waals surface area contributed by atoms with E-state index in [9.17, 15) is 9.18 Å². The third-order valence-electron chi connectivity index (χ3n) is 2.67. The lowest BCUT2D eigenvalue weighted by molar-refractivity contribution is -0.115. The maximum absolute atomic E-state index is 13.1. The molecule has 1 aromatic heterocycles. The summed E-state index contributed by atoms with van der Waals surface area (Å²) >= 11 is 1.04. The predicted octanol–water partition coefficient (Wildman–Crippen LogP) is 3.22. The molecule has 0 radical (unpaired) electrons. The second-order valence-electron chi connectivity index (χ2n) is 4.11. The van der Waals surface area contributed by atoms with Crippen LogP contribution in [-0.2, 0) is 4.79 Å². The number of nitrogens with one attached hydrogen (secondary N) is 2. The highest BCUT2D eigenvalue weighted by atomic mass is 32.2. The molecule has 3 rings (SSSR count). The van der Waals surface area contributed by atoms with Crippen molar-refractivity contribution in [3.63, 3.8) is 0 Å². The second-order valence-corrected chi connectivity index (χ2v) is 5.16. The van der Waals surface area contributed by atoms with Crippen LogP contribution in [0.3, 0.4) is 0 Å². The number of halogens is 1. The molecular formula is C14H9FN2O2S. The third-order valence-corrected chi connectivity index (χ3v) is 3.50. The first kappa shape index (κ1) is 12.7. The molecule has 1 aromatic carbocycles. The maximum Gasteiger partial charge on any atom is 0.264 e. The van der Waals surface area contributed by atoms with Gasteiger partial charge in [0.15, 0.2) is 5.17 Å². The van der Waals surface area contributed by atoms with E-state index in [2.05, 4.69) is 5.32 Å². The molecule has 1 aliphatic rings. The van der Waals surface area contributed by atoms with Crippen LogP contribution < -0.4 is 5.32 Å². The minimum atomic E-state index is -0.335. The van der Waals surface area contributed by atoms with Crippen LogP contribution in [0.4, 0.5) is 4.39 Å². The predicted molar refractivity (Wildman–Crippen MR) is 75.5 cm³/mol. The topological polar surface area (TPSA) is 66.1 Å². The fraction of sp³-hybridized carbons (Fsp3) is 0. The summed E-state index contributed by atoms with van der Waals surface area (Å²) in [6.45, 7) is 0. The number of hydrogen-bond donors (Lipinski definition) is 2. The zero-order valence-electron chi connectivity index (χ0n) is 10.1. The highest BCUT2D eigenvalue weighted by Crippen LogP contribution is 2.28. The smallest absolute Gasteiger partial charge is 0.264 e. The van der Waals surface area contributed by atoms with Gasteiger partial charge >= 0.3 is 0 Å². The second kappa shape index (κ2) is 4.97. The van der Waals surface area contributed by atoms with Gasteiger partial charge in [0.1, 0.15) is 17.3 Å². The Kier molecular flexibility index (Phi) is 3.15.